The minimum Gasteiger partial charge on any atom is -0.315 e. The van der Waals surface area contributed by atoms with Crippen molar-refractivity contribution >= 4 is 37.3 Å². The van der Waals surface area contributed by atoms with Crippen LogP contribution in [-0.4, -0.2) is 20.4 Å². The summed E-state index contributed by atoms with van der Waals surface area (Å²) >= 11 is 4.73. The van der Waals surface area contributed by atoms with Crippen LogP contribution in [0.3, 0.4) is 0 Å². The van der Waals surface area contributed by atoms with Crippen molar-refractivity contribution in [3.63, 3.8) is 0 Å². The number of thiophene rings is 1. The van der Waals surface area contributed by atoms with Crippen molar-refractivity contribution in [2.24, 2.45) is 0 Å². The zero-order valence-electron chi connectivity index (χ0n) is 11.7. The van der Waals surface area contributed by atoms with Crippen LogP contribution in [0.2, 0.25) is 0 Å². The number of aryl methyl sites for hydroxylation is 1. The Morgan fingerprint density at radius 1 is 1.33 bits per heavy atom. The van der Waals surface area contributed by atoms with Crippen LogP contribution in [-0.2, 0) is 23.1 Å². The van der Waals surface area contributed by atoms with E-state index in [1.165, 1.54) is 11.3 Å². The van der Waals surface area contributed by atoms with Crippen molar-refractivity contribution in [3.05, 3.63) is 44.3 Å². The smallest absolute Gasteiger partial charge is 0.242 e. The van der Waals surface area contributed by atoms with E-state index in [0.717, 1.165) is 16.1 Å². The number of pyridine rings is 1. The number of halogens is 1. The van der Waals surface area contributed by atoms with Gasteiger partial charge in [-0.15, -0.1) is 11.3 Å². The molecule has 2 N–H and O–H groups in total. The minimum absolute atomic E-state index is 0.221. The fraction of sp³-hybridized carbons (Fsp3) is 0.308. The molecule has 0 aliphatic heterocycles. The Hall–Kier alpha value is -0.800. The van der Waals surface area contributed by atoms with Crippen LogP contribution < -0.4 is 10.0 Å². The summed E-state index contributed by atoms with van der Waals surface area (Å²) in [6.45, 7) is 2.75. The first-order valence-electron chi connectivity index (χ1n) is 6.26. The molecule has 0 aromatic carbocycles. The van der Waals surface area contributed by atoms with Crippen molar-refractivity contribution in [2.75, 3.05) is 7.05 Å². The highest BCUT2D eigenvalue weighted by molar-refractivity contribution is 9.11. The van der Waals surface area contributed by atoms with E-state index in [-0.39, 0.29) is 11.4 Å². The van der Waals surface area contributed by atoms with Gasteiger partial charge in [0, 0.05) is 29.9 Å². The van der Waals surface area contributed by atoms with Crippen LogP contribution in [0.5, 0.6) is 0 Å². The second-order valence-electron chi connectivity index (χ2n) is 4.51. The fourth-order valence-corrected chi connectivity index (χ4v) is 5.41. The molecule has 0 atom stereocenters. The number of aromatic nitrogens is 1. The monoisotopic (exact) mass is 389 g/mol. The zero-order valence-corrected chi connectivity index (χ0v) is 14.9. The van der Waals surface area contributed by atoms with E-state index in [1.54, 1.807) is 12.3 Å². The van der Waals surface area contributed by atoms with Gasteiger partial charge in [0.25, 0.3) is 0 Å². The Morgan fingerprint density at radius 3 is 2.71 bits per heavy atom. The fourth-order valence-electron chi connectivity index (χ4n) is 1.70. The number of sulfonamides is 1. The molecule has 0 spiro atoms. The Balaban J connectivity index is 2.12. The van der Waals surface area contributed by atoms with Crippen LogP contribution in [0.1, 0.15) is 16.1 Å². The van der Waals surface area contributed by atoms with Gasteiger partial charge in [-0.2, -0.15) is 0 Å². The summed E-state index contributed by atoms with van der Waals surface area (Å²) in [5, 5.41) is 3.01. The van der Waals surface area contributed by atoms with E-state index in [0.29, 0.717) is 10.3 Å². The van der Waals surface area contributed by atoms with Crippen LogP contribution >= 0.6 is 27.3 Å². The maximum absolute atomic E-state index is 12.3. The van der Waals surface area contributed by atoms with Gasteiger partial charge in [0.1, 0.15) is 4.90 Å². The van der Waals surface area contributed by atoms with E-state index >= 15 is 0 Å². The minimum atomic E-state index is -3.54. The van der Waals surface area contributed by atoms with Crippen molar-refractivity contribution in [1.82, 2.24) is 15.0 Å². The first kappa shape index (κ1) is 16.6. The lowest BCUT2D eigenvalue weighted by Crippen LogP contribution is -2.23. The van der Waals surface area contributed by atoms with Crippen LogP contribution in [0, 0.1) is 6.92 Å². The van der Waals surface area contributed by atoms with Crippen LogP contribution in [0.15, 0.2) is 33.1 Å². The largest absolute Gasteiger partial charge is 0.315 e. The highest BCUT2D eigenvalue weighted by Crippen LogP contribution is 2.31. The first-order chi connectivity index (χ1) is 9.92. The number of rotatable bonds is 6. The molecule has 114 valence electrons. The van der Waals surface area contributed by atoms with Gasteiger partial charge in [-0.05, 0) is 47.6 Å². The summed E-state index contributed by atoms with van der Waals surface area (Å²) in [7, 11) is -1.71. The molecule has 0 saturated carbocycles. The maximum atomic E-state index is 12.3. The van der Waals surface area contributed by atoms with Crippen molar-refractivity contribution in [1.29, 1.82) is 0 Å². The highest BCUT2D eigenvalue weighted by atomic mass is 79.9. The third-order valence-electron chi connectivity index (χ3n) is 2.79. The molecule has 2 aromatic heterocycles. The van der Waals surface area contributed by atoms with E-state index in [1.807, 2.05) is 26.1 Å². The normalized spacial score (nSPS) is 11.8. The summed E-state index contributed by atoms with van der Waals surface area (Å²) < 4.78 is 27.9. The second-order valence-corrected chi connectivity index (χ2v) is 8.70. The van der Waals surface area contributed by atoms with Gasteiger partial charge in [0.05, 0.1) is 3.79 Å². The molecule has 0 bridgehead atoms. The Labute approximate surface area is 137 Å². The second kappa shape index (κ2) is 6.97. The molecule has 2 rings (SSSR count). The SMILES string of the molecule is CNCc1cc(S(=O)(=O)NCc2ccc(C)nc2)c(Br)s1. The first-order valence-corrected chi connectivity index (χ1v) is 9.35. The average Bonchev–Trinajstić information content (AvgIpc) is 2.80. The Morgan fingerprint density at radius 2 is 2.10 bits per heavy atom. The van der Waals surface area contributed by atoms with Crippen LogP contribution in [0.4, 0.5) is 0 Å². The van der Waals surface area contributed by atoms with E-state index < -0.39 is 10.0 Å². The molecule has 0 saturated heterocycles. The van der Waals surface area contributed by atoms with Gasteiger partial charge in [0.15, 0.2) is 0 Å². The van der Waals surface area contributed by atoms with Gasteiger partial charge < -0.3 is 5.32 Å². The Kier molecular flexibility index (Phi) is 5.50. The standard InChI is InChI=1S/C13H16BrN3O2S2/c1-9-3-4-10(6-16-9)7-17-21(18,19)12-5-11(8-15-2)20-13(12)14/h3-6,15,17H,7-8H2,1-2H3. The molecule has 0 fully saturated rings. The number of nitrogens with zero attached hydrogens (tertiary/aromatic N) is 1. The van der Waals surface area contributed by atoms with E-state index in [2.05, 4.69) is 31.0 Å². The topological polar surface area (TPSA) is 71.1 Å². The van der Waals surface area contributed by atoms with Crippen molar-refractivity contribution in [3.8, 4) is 0 Å². The average molecular weight is 390 g/mol. The van der Waals surface area contributed by atoms with E-state index in [9.17, 15) is 8.42 Å². The number of nitrogens with one attached hydrogen (secondary N) is 2. The third-order valence-corrected chi connectivity index (χ3v) is 6.44. The molecule has 2 heterocycles. The summed E-state index contributed by atoms with van der Waals surface area (Å²) in [5.74, 6) is 0. The summed E-state index contributed by atoms with van der Waals surface area (Å²) in [5.41, 5.74) is 1.73. The summed E-state index contributed by atoms with van der Waals surface area (Å²) in [6, 6.07) is 5.40. The van der Waals surface area contributed by atoms with Gasteiger partial charge in [-0.1, -0.05) is 6.07 Å². The molecule has 8 heteroatoms. The Bertz CT molecular complexity index is 712. The third kappa shape index (κ3) is 4.33. The predicted molar refractivity (Wildman–Crippen MR) is 87.8 cm³/mol. The van der Waals surface area contributed by atoms with Gasteiger partial charge in [-0.3, -0.25) is 4.98 Å². The van der Waals surface area contributed by atoms with Gasteiger partial charge in [0.2, 0.25) is 10.0 Å². The van der Waals surface area contributed by atoms with Crippen molar-refractivity contribution < 1.29 is 8.42 Å². The van der Waals surface area contributed by atoms with E-state index in [4.69, 9.17) is 0 Å². The molecule has 2 aromatic rings. The molecule has 0 unspecified atom stereocenters. The summed E-state index contributed by atoms with van der Waals surface area (Å²) in [6.07, 6.45) is 1.67. The highest BCUT2D eigenvalue weighted by Gasteiger charge is 2.20. The quantitative estimate of drug-likeness (QED) is 0.795. The molecule has 0 radical (unpaired) electrons. The summed E-state index contributed by atoms with van der Waals surface area (Å²) in [4.78, 5) is 5.38. The molecular formula is C13H16BrN3O2S2. The number of hydrogen-bond acceptors (Lipinski definition) is 5. The maximum Gasteiger partial charge on any atom is 0.242 e. The molecular weight excluding hydrogens is 374 g/mol. The zero-order chi connectivity index (χ0) is 15.5. The number of hydrogen-bond donors (Lipinski definition) is 2. The predicted octanol–water partition coefficient (Wildman–Crippen LogP) is 2.41. The molecule has 5 nitrogen and oxygen atoms in total. The van der Waals surface area contributed by atoms with Crippen LogP contribution in [0.25, 0.3) is 0 Å². The molecule has 0 amide bonds. The van der Waals surface area contributed by atoms with Crippen molar-refractivity contribution in [2.45, 2.75) is 24.9 Å². The molecule has 0 aliphatic carbocycles. The van der Waals surface area contributed by atoms with Gasteiger partial charge in [-0.25, -0.2) is 13.1 Å². The lowest BCUT2D eigenvalue weighted by Gasteiger charge is -2.06. The van der Waals surface area contributed by atoms with Gasteiger partial charge >= 0.3 is 0 Å². The molecule has 0 aliphatic rings. The molecule has 21 heavy (non-hydrogen) atoms. The lowest BCUT2D eigenvalue weighted by molar-refractivity contribution is 0.581. The lowest BCUT2D eigenvalue weighted by atomic mass is 10.2.